The number of nitrogen functional groups attached to an aromatic ring is 1. The van der Waals surface area contributed by atoms with Crippen LogP contribution in [0.4, 0.5) is 5.82 Å². The summed E-state index contributed by atoms with van der Waals surface area (Å²) in [5.74, 6) is 5.87. The molecule has 4 heteroatoms. The minimum atomic E-state index is 0.610. The number of anilines is 1. The monoisotopic (exact) mass is 186 g/mol. The number of aromatic nitrogens is 2. The standard InChI is InChI=1S/C10H10N4/c11-14-10-6-9(12-7-13-10)8-4-2-1-3-5-8/h1-7H,11H2,(H,12,13,14). The van der Waals surface area contributed by atoms with Crippen LogP contribution in [0.5, 0.6) is 0 Å². The molecule has 2 aromatic rings. The minimum absolute atomic E-state index is 0.610. The van der Waals surface area contributed by atoms with Crippen LogP contribution in [0, 0.1) is 0 Å². The minimum Gasteiger partial charge on any atom is -0.308 e. The lowest BCUT2D eigenvalue weighted by molar-refractivity contribution is 1.14. The zero-order chi connectivity index (χ0) is 9.80. The fourth-order valence-corrected chi connectivity index (χ4v) is 1.20. The maximum atomic E-state index is 5.26. The predicted molar refractivity (Wildman–Crippen MR) is 55.3 cm³/mol. The third-order valence-corrected chi connectivity index (χ3v) is 1.88. The zero-order valence-electron chi connectivity index (χ0n) is 7.51. The highest BCUT2D eigenvalue weighted by atomic mass is 15.2. The van der Waals surface area contributed by atoms with Gasteiger partial charge >= 0.3 is 0 Å². The van der Waals surface area contributed by atoms with Crippen molar-refractivity contribution < 1.29 is 0 Å². The van der Waals surface area contributed by atoms with Gasteiger partial charge in [-0.15, -0.1) is 0 Å². The molecule has 0 amide bonds. The second-order valence-electron chi connectivity index (χ2n) is 2.80. The van der Waals surface area contributed by atoms with Gasteiger partial charge < -0.3 is 5.43 Å². The summed E-state index contributed by atoms with van der Waals surface area (Å²) in [5.41, 5.74) is 4.39. The molecule has 14 heavy (non-hydrogen) atoms. The SMILES string of the molecule is NNc1cc(-c2ccccc2)ncn1. The van der Waals surface area contributed by atoms with Crippen LogP contribution in [-0.4, -0.2) is 9.97 Å². The first-order valence-corrected chi connectivity index (χ1v) is 4.24. The Hall–Kier alpha value is -1.94. The molecule has 0 saturated heterocycles. The average Bonchev–Trinajstić information content (AvgIpc) is 2.30. The van der Waals surface area contributed by atoms with E-state index < -0.39 is 0 Å². The van der Waals surface area contributed by atoms with Crippen LogP contribution in [0.3, 0.4) is 0 Å². The van der Waals surface area contributed by atoms with Crippen molar-refractivity contribution in [2.45, 2.75) is 0 Å². The molecule has 1 heterocycles. The lowest BCUT2D eigenvalue weighted by atomic mass is 10.1. The van der Waals surface area contributed by atoms with Crippen molar-refractivity contribution in [1.29, 1.82) is 0 Å². The molecule has 0 radical (unpaired) electrons. The van der Waals surface area contributed by atoms with Crippen LogP contribution in [0.25, 0.3) is 11.3 Å². The summed E-state index contributed by atoms with van der Waals surface area (Å²) in [6.07, 6.45) is 1.48. The molecule has 4 nitrogen and oxygen atoms in total. The lowest BCUT2D eigenvalue weighted by Crippen LogP contribution is -2.08. The summed E-state index contributed by atoms with van der Waals surface area (Å²) in [7, 11) is 0. The van der Waals surface area contributed by atoms with Gasteiger partial charge in [-0.25, -0.2) is 15.8 Å². The average molecular weight is 186 g/mol. The van der Waals surface area contributed by atoms with Crippen LogP contribution in [-0.2, 0) is 0 Å². The molecule has 0 atom stereocenters. The summed E-state index contributed by atoms with van der Waals surface area (Å²) in [5, 5.41) is 0. The van der Waals surface area contributed by atoms with Gasteiger partial charge in [0.1, 0.15) is 12.1 Å². The van der Waals surface area contributed by atoms with E-state index >= 15 is 0 Å². The van der Waals surface area contributed by atoms with E-state index in [1.807, 2.05) is 30.3 Å². The first-order chi connectivity index (χ1) is 6.90. The number of rotatable bonds is 2. The van der Waals surface area contributed by atoms with Crippen molar-refractivity contribution in [3.8, 4) is 11.3 Å². The summed E-state index contributed by atoms with van der Waals surface area (Å²) >= 11 is 0. The fraction of sp³-hybridized carbons (Fsp3) is 0. The second kappa shape index (κ2) is 3.85. The molecule has 0 saturated carbocycles. The number of nitrogens with one attached hydrogen (secondary N) is 1. The Kier molecular flexibility index (Phi) is 2.38. The van der Waals surface area contributed by atoms with Crippen LogP contribution >= 0.6 is 0 Å². The Morgan fingerprint density at radius 2 is 1.86 bits per heavy atom. The quantitative estimate of drug-likeness (QED) is 0.550. The summed E-state index contributed by atoms with van der Waals surface area (Å²) in [6.45, 7) is 0. The van der Waals surface area contributed by atoms with Crippen LogP contribution in [0.1, 0.15) is 0 Å². The predicted octanol–water partition coefficient (Wildman–Crippen LogP) is 1.43. The van der Waals surface area contributed by atoms with Gasteiger partial charge in [-0.3, -0.25) is 0 Å². The maximum absolute atomic E-state index is 5.26. The molecule has 0 fully saturated rings. The van der Waals surface area contributed by atoms with E-state index in [-0.39, 0.29) is 0 Å². The van der Waals surface area contributed by atoms with Crippen molar-refractivity contribution in [2.75, 3.05) is 5.43 Å². The van der Waals surface area contributed by atoms with Gasteiger partial charge in [-0.05, 0) is 0 Å². The van der Waals surface area contributed by atoms with Gasteiger partial charge in [0.05, 0.1) is 5.69 Å². The number of hydrazine groups is 1. The first kappa shape index (κ1) is 8.65. The van der Waals surface area contributed by atoms with Crippen LogP contribution < -0.4 is 11.3 Å². The normalized spacial score (nSPS) is 9.79. The van der Waals surface area contributed by atoms with E-state index in [0.717, 1.165) is 11.3 Å². The van der Waals surface area contributed by atoms with E-state index in [9.17, 15) is 0 Å². The van der Waals surface area contributed by atoms with Gasteiger partial charge in [0.25, 0.3) is 0 Å². The number of hydrogen-bond donors (Lipinski definition) is 2. The van der Waals surface area contributed by atoms with Crippen molar-refractivity contribution in [2.24, 2.45) is 5.84 Å². The number of nitrogens with zero attached hydrogens (tertiary/aromatic N) is 2. The topological polar surface area (TPSA) is 63.8 Å². The molecular formula is C10H10N4. The van der Waals surface area contributed by atoms with Crippen LogP contribution in [0.15, 0.2) is 42.7 Å². The van der Waals surface area contributed by atoms with E-state index in [0.29, 0.717) is 5.82 Å². The molecule has 70 valence electrons. The molecule has 2 rings (SSSR count). The Morgan fingerprint density at radius 3 is 2.57 bits per heavy atom. The van der Waals surface area contributed by atoms with E-state index in [2.05, 4.69) is 15.4 Å². The molecule has 0 aliphatic heterocycles. The Bertz CT molecular complexity index is 413. The Balaban J connectivity index is 2.42. The highest BCUT2D eigenvalue weighted by Gasteiger charge is 1.99. The van der Waals surface area contributed by atoms with E-state index in [1.54, 1.807) is 6.07 Å². The fourth-order valence-electron chi connectivity index (χ4n) is 1.20. The molecule has 0 aliphatic carbocycles. The van der Waals surface area contributed by atoms with Gasteiger partial charge in [-0.2, -0.15) is 0 Å². The van der Waals surface area contributed by atoms with Gasteiger partial charge in [0.2, 0.25) is 0 Å². The molecule has 0 unspecified atom stereocenters. The smallest absolute Gasteiger partial charge is 0.143 e. The second-order valence-corrected chi connectivity index (χ2v) is 2.80. The zero-order valence-corrected chi connectivity index (χ0v) is 7.51. The van der Waals surface area contributed by atoms with Gasteiger partial charge in [0.15, 0.2) is 0 Å². The van der Waals surface area contributed by atoms with Crippen molar-refractivity contribution in [3.63, 3.8) is 0 Å². The lowest BCUT2D eigenvalue weighted by Gasteiger charge is -2.02. The van der Waals surface area contributed by atoms with Gasteiger partial charge in [-0.1, -0.05) is 30.3 Å². The van der Waals surface area contributed by atoms with Gasteiger partial charge in [0, 0.05) is 11.6 Å². The summed E-state index contributed by atoms with van der Waals surface area (Å²) in [6, 6.07) is 11.7. The van der Waals surface area contributed by atoms with E-state index in [1.165, 1.54) is 6.33 Å². The highest BCUT2D eigenvalue weighted by molar-refractivity contribution is 5.61. The molecule has 0 aliphatic rings. The summed E-state index contributed by atoms with van der Waals surface area (Å²) in [4.78, 5) is 8.09. The Morgan fingerprint density at radius 1 is 1.07 bits per heavy atom. The molecule has 3 N–H and O–H groups in total. The molecule has 0 spiro atoms. The molecule has 1 aromatic heterocycles. The van der Waals surface area contributed by atoms with Crippen molar-refractivity contribution in [1.82, 2.24) is 9.97 Å². The third kappa shape index (κ3) is 1.70. The van der Waals surface area contributed by atoms with Crippen molar-refractivity contribution in [3.05, 3.63) is 42.7 Å². The van der Waals surface area contributed by atoms with Crippen molar-refractivity contribution >= 4 is 5.82 Å². The molecular weight excluding hydrogens is 176 g/mol. The number of hydrogen-bond acceptors (Lipinski definition) is 4. The van der Waals surface area contributed by atoms with Crippen LogP contribution in [0.2, 0.25) is 0 Å². The third-order valence-electron chi connectivity index (χ3n) is 1.88. The molecule has 0 bridgehead atoms. The number of benzene rings is 1. The first-order valence-electron chi connectivity index (χ1n) is 4.24. The molecule has 1 aromatic carbocycles. The Labute approximate surface area is 81.8 Å². The maximum Gasteiger partial charge on any atom is 0.143 e. The largest absolute Gasteiger partial charge is 0.308 e. The highest BCUT2D eigenvalue weighted by Crippen LogP contribution is 2.17. The summed E-state index contributed by atoms with van der Waals surface area (Å²) < 4.78 is 0. The number of nitrogens with two attached hydrogens (primary N) is 1. The van der Waals surface area contributed by atoms with E-state index in [4.69, 9.17) is 5.84 Å².